The largest absolute Gasteiger partial charge is 0.508 e. The zero-order chi connectivity index (χ0) is 20.3. The highest BCUT2D eigenvalue weighted by molar-refractivity contribution is 5.97. The van der Waals surface area contributed by atoms with Crippen LogP contribution in [0.15, 0.2) is 24.3 Å². The lowest BCUT2D eigenvalue weighted by atomic mass is 9.92. The molecule has 0 unspecified atom stereocenters. The molecule has 0 aromatic heterocycles. The first-order chi connectivity index (χ1) is 13.4. The Labute approximate surface area is 164 Å². The zero-order valence-corrected chi connectivity index (χ0v) is 16.4. The number of piperazine rings is 1. The summed E-state index contributed by atoms with van der Waals surface area (Å²) in [6.45, 7) is 1.47. The molecule has 0 spiro atoms. The number of nitrogens with one attached hydrogen (secondary N) is 2. The minimum Gasteiger partial charge on any atom is -0.508 e. The summed E-state index contributed by atoms with van der Waals surface area (Å²) < 4.78 is 0. The Morgan fingerprint density at radius 1 is 1.25 bits per heavy atom. The fourth-order valence-corrected chi connectivity index (χ4v) is 4.02. The maximum atomic E-state index is 12.9. The van der Waals surface area contributed by atoms with Crippen molar-refractivity contribution < 1.29 is 19.5 Å². The highest BCUT2D eigenvalue weighted by atomic mass is 16.3. The standard InChI is InChI=1S/C20H28N4O4/c1-23(2)10-4-3-9-21-19(27)15-11-16-20(28)22-12-17(26)24(16)18(15)13-5-7-14(25)8-6-13/h5-8,15-16,18,25H,3-4,9-12H2,1-2H3,(H,21,27)(H,22,28)/t15-,16-,18-/m0/s1. The van der Waals surface area contributed by atoms with Gasteiger partial charge in [0.25, 0.3) is 0 Å². The molecule has 2 heterocycles. The van der Waals surface area contributed by atoms with Gasteiger partial charge in [-0.2, -0.15) is 0 Å². The van der Waals surface area contributed by atoms with E-state index in [2.05, 4.69) is 15.5 Å². The van der Waals surface area contributed by atoms with E-state index in [1.807, 2.05) is 14.1 Å². The number of hydrogen-bond donors (Lipinski definition) is 3. The molecule has 0 bridgehead atoms. The van der Waals surface area contributed by atoms with Crippen LogP contribution in [-0.4, -0.2) is 72.4 Å². The van der Waals surface area contributed by atoms with Crippen molar-refractivity contribution in [1.82, 2.24) is 20.4 Å². The van der Waals surface area contributed by atoms with E-state index in [-0.39, 0.29) is 30.0 Å². The molecule has 0 aliphatic carbocycles. The number of benzene rings is 1. The van der Waals surface area contributed by atoms with Gasteiger partial charge in [0.2, 0.25) is 17.7 Å². The number of hydrogen-bond acceptors (Lipinski definition) is 5. The van der Waals surface area contributed by atoms with Crippen LogP contribution in [-0.2, 0) is 14.4 Å². The van der Waals surface area contributed by atoms with Crippen LogP contribution < -0.4 is 10.6 Å². The SMILES string of the molecule is CN(C)CCCCNC(=O)[C@H]1C[C@H]2C(=O)NCC(=O)N2[C@H]1c1ccc(O)cc1. The number of phenols is 1. The second-order valence-electron chi connectivity index (χ2n) is 7.71. The van der Waals surface area contributed by atoms with Crippen molar-refractivity contribution in [1.29, 1.82) is 0 Å². The molecule has 3 amide bonds. The van der Waals surface area contributed by atoms with Crippen LogP contribution >= 0.6 is 0 Å². The van der Waals surface area contributed by atoms with E-state index >= 15 is 0 Å². The molecule has 1 aromatic carbocycles. The fourth-order valence-electron chi connectivity index (χ4n) is 4.02. The van der Waals surface area contributed by atoms with Crippen LogP contribution in [0.5, 0.6) is 5.75 Å². The third kappa shape index (κ3) is 4.27. The van der Waals surface area contributed by atoms with Crippen LogP contribution in [0.2, 0.25) is 0 Å². The number of amides is 3. The van der Waals surface area contributed by atoms with Crippen LogP contribution in [0.3, 0.4) is 0 Å². The lowest BCUT2D eigenvalue weighted by Gasteiger charge is -2.34. The molecule has 8 heteroatoms. The summed E-state index contributed by atoms with van der Waals surface area (Å²) in [5.41, 5.74) is 0.746. The summed E-state index contributed by atoms with van der Waals surface area (Å²) in [5.74, 6) is -0.939. The first kappa shape index (κ1) is 20.1. The molecule has 152 valence electrons. The van der Waals surface area contributed by atoms with Gasteiger partial charge < -0.3 is 25.5 Å². The van der Waals surface area contributed by atoms with Crippen LogP contribution in [0.4, 0.5) is 0 Å². The van der Waals surface area contributed by atoms with Crippen molar-refractivity contribution in [3.8, 4) is 5.75 Å². The van der Waals surface area contributed by atoms with E-state index in [1.54, 1.807) is 17.0 Å². The topological polar surface area (TPSA) is 102 Å². The average Bonchev–Trinajstić information content (AvgIpc) is 3.07. The summed E-state index contributed by atoms with van der Waals surface area (Å²) >= 11 is 0. The predicted molar refractivity (Wildman–Crippen MR) is 103 cm³/mol. The predicted octanol–water partition coefficient (Wildman–Crippen LogP) is 0.238. The number of phenolic OH excluding ortho intramolecular Hbond substituents is 1. The van der Waals surface area contributed by atoms with Gasteiger partial charge in [-0.05, 0) is 57.6 Å². The monoisotopic (exact) mass is 388 g/mol. The van der Waals surface area contributed by atoms with Crippen LogP contribution in [0.25, 0.3) is 0 Å². The maximum absolute atomic E-state index is 12.9. The Kier molecular flexibility index (Phi) is 6.18. The second kappa shape index (κ2) is 8.60. The first-order valence-electron chi connectivity index (χ1n) is 9.68. The number of aromatic hydroxyl groups is 1. The molecular weight excluding hydrogens is 360 g/mol. The molecule has 1 aromatic rings. The molecule has 3 N–H and O–H groups in total. The van der Waals surface area contributed by atoms with Crippen LogP contribution in [0.1, 0.15) is 30.9 Å². The summed E-state index contributed by atoms with van der Waals surface area (Å²) in [6, 6.07) is 5.34. The quantitative estimate of drug-likeness (QED) is 0.581. The molecular formula is C20H28N4O4. The summed E-state index contributed by atoms with van der Waals surface area (Å²) in [7, 11) is 4.02. The zero-order valence-electron chi connectivity index (χ0n) is 16.4. The van der Waals surface area contributed by atoms with E-state index in [0.717, 1.165) is 24.9 Å². The Morgan fingerprint density at radius 2 is 1.96 bits per heavy atom. The van der Waals surface area contributed by atoms with Crippen LogP contribution in [0, 0.1) is 5.92 Å². The average molecular weight is 388 g/mol. The minimum absolute atomic E-state index is 0.0528. The summed E-state index contributed by atoms with van der Waals surface area (Å²) in [4.78, 5) is 41.4. The number of carbonyl (C=O) groups is 3. The third-order valence-corrected chi connectivity index (χ3v) is 5.40. The molecule has 2 saturated heterocycles. The molecule has 0 radical (unpaired) electrons. The van der Waals surface area contributed by atoms with Gasteiger partial charge in [-0.15, -0.1) is 0 Å². The van der Waals surface area contributed by atoms with Crippen molar-refractivity contribution in [2.75, 3.05) is 33.7 Å². The van der Waals surface area contributed by atoms with Gasteiger partial charge in [0.1, 0.15) is 11.8 Å². The second-order valence-corrected chi connectivity index (χ2v) is 7.71. The van der Waals surface area contributed by atoms with Gasteiger partial charge in [-0.25, -0.2) is 0 Å². The van der Waals surface area contributed by atoms with Gasteiger partial charge in [0.05, 0.1) is 18.5 Å². The number of unbranched alkanes of at least 4 members (excludes halogenated alkanes) is 1. The number of nitrogens with zero attached hydrogens (tertiary/aromatic N) is 2. The lowest BCUT2D eigenvalue weighted by Crippen LogP contribution is -2.56. The molecule has 2 fully saturated rings. The third-order valence-electron chi connectivity index (χ3n) is 5.40. The highest BCUT2D eigenvalue weighted by Gasteiger charge is 2.51. The Morgan fingerprint density at radius 3 is 2.64 bits per heavy atom. The van der Waals surface area contributed by atoms with Gasteiger partial charge in [-0.1, -0.05) is 12.1 Å². The molecule has 8 nitrogen and oxygen atoms in total. The fraction of sp³-hybridized carbons (Fsp3) is 0.550. The smallest absolute Gasteiger partial charge is 0.243 e. The van der Waals surface area contributed by atoms with Gasteiger partial charge >= 0.3 is 0 Å². The lowest BCUT2D eigenvalue weighted by molar-refractivity contribution is -0.145. The van der Waals surface area contributed by atoms with Gasteiger partial charge in [0, 0.05) is 6.54 Å². The summed E-state index contributed by atoms with van der Waals surface area (Å²) in [6.07, 6.45) is 2.15. The molecule has 2 aliphatic heterocycles. The van der Waals surface area contributed by atoms with E-state index < -0.39 is 18.0 Å². The van der Waals surface area contributed by atoms with E-state index in [1.165, 1.54) is 12.1 Å². The van der Waals surface area contributed by atoms with Crippen molar-refractivity contribution in [2.24, 2.45) is 5.92 Å². The molecule has 3 rings (SSSR count). The minimum atomic E-state index is -0.635. The van der Waals surface area contributed by atoms with Crippen molar-refractivity contribution >= 4 is 17.7 Å². The Balaban J connectivity index is 1.75. The number of fused-ring (bicyclic) bond motifs is 1. The van der Waals surface area contributed by atoms with Crippen molar-refractivity contribution in [2.45, 2.75) is 31.3 Å². The first-order valence-corrected chi connectivity index (χ1v) is 9.68. The Hall–Kier alpha value is -2.61. The molecule has 28 heavy (non-hydrogen) atoms. The van der Waals surface area contributed by atoms with Gasteiger partial charge in [-0.3, -0.25) is 14.4 Å². The van der Waals surface area contributed by atoms with Crippen molar-refractivity contribution in [3.63, 3.8) is 0 Å². The molecule has 0 saturated carbocycles. The maximum Gasteiger partial charge on any atom is 0.243 e. The number of rotatable bonds is 7. The van der Waals surface area contributed by atoms with E-state index in [9.17, 15) is 19.5 Å². The Bertz CT molecular complexity index is 734. The molecule has 3 atom stereocenters. The number of carbonyl (C=O) groups excluding carboxylic acids is 3. The van der Waals surface area contributed by atoms with Crippen molar-refractivity contribution in [3.05, 3.63) is 29.8 Å². The summed E-state index contributed by atoms with van der Waals surface area (Å²) in [5, 5.41) is 15.2. The van der Waals surface area contributed by atoms with E-state index in [0.29, 0.717) is 13.0 Å². The normalized spacial score (nSPS) is 24.2. The van der Waals surface area contributed by atoms with E-state index in [4.69, 9.17) is 0 Å². The van der Waals surface area contributed by atoms with Gasteiger partial charge in [0.15, 0.2) is 0 Å². The molecule has 2 aliphatic rings. The highest BCUT2D eigenvalue weighted by Crippen LogP contribution is 2.42.